The normalized spacial score (nSPS) is 18.5. The van der Waals surface area contributed by atoms with Gasteiger partial charge in [0.2, 0.25) is 0 Å². The van der Waals surface area contributed by atoms with Crippen molar-refractivity contribution in [2.75, 3.05) is 13.1 Å². The van der Waals surface area contributed by atoms with Crippen LogP contribution in [0.15, 0.2) is 30.3 Å². The smallest absolute Gasteiger partial charge is 0.0445 e. The van der Waals surface area contributed by atoms with E-state index in [2.05, 4.69) is 35.2 Å². The van der Waals surface area contributed by atoms with Crippen LogP contribution in [0.5, 0.6) is 0 Å². The Bertz CT molecular complexity index is 257. The van der Waals surface area contributed by atoms with E-state index in [4.69, 9.17) is 5.14 Å². The summed E-state index contributed by atoms with van der Waals surface area (Å²) in [7, 11) is 0. The summed E-state index contributed by atoms with van der Waals surface area (Å²) in [6, 6.07) is 10.6. The zero-order valence-electron chi connectivity index (χ0n) is 7.52. The van der Waals surface area contributed by atoms with Crippen LogP contribution >= 0.6 is 11.9 Å². The number of rotatable bonds is 3. The van der Waals surface area contributed by atoms with E-state index in [0.717, 1.165) is 19.6 Å². The maximum atomic E-state index is 5.48. The van der Waals surface area contributed by atoms with E-state index in [1.165, 1.54) is 17.5 Å². The monoisotopic (exact) mass is 194 g/mol. The van der Waals surface area contributed by atoms with Gasteiger partial charge in [0, 0.05) is 24.9 Å². The summed E-state index contributed by atoms with van der Waals surface area (Å²) in [6.45, 7) is 3.34. The van der Waals surface area contributed by atoms with E-state index in [-0.39, 0.29) is 0 Å². The van der Waals surface area contributed by atoms with Gasteiger partial charge in [-0.25, -0.2) is 0 Å². The molecule has 1 aliphatic rings. The molecule has 0 spiro atoms. The fourth-order valence-corrected chi connectivity index (χ4v) is 2.17. The highest BCUT2D eigenvalue weighted by atomic mass is 32.2. The maximum absolute atomic E-state index is 5.48. The zero-order valence-corrected chi connectivity index (χ0v) is 8.33. The third kappa shape index (κ3) is 2.24. The van der Waals surface area contributed by atoms with Crippen LogP contribution in [-0.2, 0) is 6.54 Å². The number of hydrogen-bond acceptors (Lipinski definition) is 3. The molecule has 1 aromatic carbocycles. The summed E-state index contributed by atoms with van der Waals surface area (Å²) in [5, 5.41) is 6.14. The summed E-state index contributed by atoms with van der Waals surface area (Å²) in [6.07, 6.45) is 0. The second-order valence-corrected chi connectivity index (χ2v) is 4.38. The summed E-state index contributed by atoms with van der Waals surface area (Å²) < 4.78 is 0. The molecule has 13 heavy (non-hydrogen) atoms. The van der Waals surface area contributed by atoms with Gasteiger partial charge < -0.3 is 0 Å². The number of nitrogens with zero attached hydrogens (tertiary/aromatic N) is 1. The van der Waals surface area contributed by atoms with E-state index in [1.54, 1.807) is 0 Å². The fraction of sp³-hybridized carbons (Fsp3) is 0.400. The van der Waals surface area contributed by atoms with Crippen molar-refractivity contribution in [1.29, 1.82) is 0 Å². The van der Waals surface area contributed by atoms with Crippen molar-refractivity contribution < 1.29 is 0 Å². The molecule has 0 radical (unpaired) electrons. The van der Waals surface area contributed by atoms with Gasteiger partial charge in [-0.1, -0.05) is 42.3 Å². The van der Waals surface area contributed by atoms with Crippen LogP contribution < -0.4 is 5.14 Å². The van der Waals surface area contributed by atoms with Crippen LogP contribution in [0, 0.1) is 0 Å². The van der Waals surface area contributed by atoms with Crippen molar-refractivity contribution in [2.24, 2.45) is 5.14 Å². The van der Waals surface area contributed by atoms with Gasteiger partial charge in [0.1, 0.15) is 0 Å². The number of nitrogens with two attached hydrogens (primary N) is 1. The van der Waals surface area contributed by atoms with Crippen LogP contribution in [0.3, 0.4) is 0 Å². The lowest BCUT2D eigenvalue weighted by Crippen LogP contribution is -2.48. The van der Waals surface area contributed by atoms with Gasteiger partial charge in [0.05, 0.1) is 0 Å². The lowest BCUT2D eigenvalue weighted by Gasteiger charge is -2.37. The highest BCUT2D eigenvalue weighted by Gasteiger charge is 2.25. The van der Waals surface area contributed by atoms with Gasteiger partial charge in [0.15, 0.2) is 0 Å². The molecular formula is C10H14N2S. The van der Waals surface area contributed by atoms with Crippen molar-refractivity contribution in [2.45, 2.75) is 11.8 Å². The minimum atomic E-state index is 0.656. The quantitative estimate of drug-likeness (QED) is 0.739. The fourth-order valence-electron chi connectivity index (χ4n) is 1.58. The molecule has 1 fully saturated rings. The Kier molecular flexibility index (Phi) is 2.88. The predicted octanol–water partition coefficient (Wildman–Crippen LogP) is 1.48. The van der Waals surface area contributed by atoms with E-state index in [9.17, 15) is 0 Å². The van der Waals surface area contributed by atoms with Crippen molar-refractivity contribution >= 4 is 11.9 Å². The molecule has 2 nitrogen and oxygen atoms in total. The average Bonchev–Trinajstić information content (AvgIpc) is 2.12. The molecule has 0 aliphatic carbocycles. The first-order valence-corrected chi connectivity index (χ1v) is 5.44. The van der Waals surface area contributed by atoms with Crippen LogP contribution in [0.25, 0.3) is 0 Å². The Labute approximate surface area is 83.2 Å². The highest BCUT2D eigenvalue weighted by molar-refractivity contribution is 7.97. The molecule has 0 bridgehead atoms. The summed E-state index contributed by atoms with van der Waals surface area (Å²) >= 11 is 1.48. The van der Waals surface area contributed by atoms with Gasteiger partial charge in [-0.05, 0) is 5.56 Å². The molecule has 2 N–H and O–H groups in total. The van der Waals surface area contributed by atoms with E-state index in [0.29, 0.717) is 5.25 Å². The first kappa shape index (κ1) is 9.06. The maximum Gasteiger partial charge on any atom is 0.0445 e. The van der Waals surface area contributed by atoms with Gasteiger partial charge in [-0.3, -0.25) is 10.0 Å². The minimum absolute atomic E-state index is 0.656. The molecule has 70 valence electrons. The van der Waals surface area contributed by atoms with Crippen molar-refractivity contribution in [3.8, 4) is 0 Å². The Morgan fingerprint density at radius 2 is 2.00 bits per heavy atom. The Balaban J connectivity index is 1.81. The number of hydrogen-bond donors (Lipinski definition) is 1. The van der Waals surface area contributed by atoms with E-state index >= 15 is 0 Å². The molecule has 3 heteroatoms. The van der Waals surface area contributed by atoms with E-state index in [1.807, 2.05) is 0 Å². The first-order valence-electron chi connectivity index (χ1n) is 4.50. The van der Waals surface area contributed by atoms with Gasteiger partial charge >= 0.3 is 0 Å². The molecule has 2 rings (SSSR count). The third-order valence-electron chi connectivity index (χ3n) is 2.37. The van der Waals surface area contributed by atoms with Crippen LogP contribution in [-0.4, -0.2) is 23.2 Å². The van der Waals surface area contributed by atoms with Crippen molar-refractivity contribution in [3.05, 3.63) is 35.9 Å². The molecule has 0 unspecified atom stereocenters. The number of benzene rings is 1. The van der Waals surface area contributed by atoms with Gasteiger partial charge in [-0.15, -0.1) is 0 Å². The minimum Gasteiger partial charge on any atom is -0.297 e. The Morgan fingerprint density at radius 1 is 1.31 bits per heavy atom. The van der Waals surface area contributed by atoms with Gasteiger partial charge in [-0.2, -0.15) is 0 Å². The molecule has 0 atom stereocenters. The van der Waals surface area contributed by atoms with Crippen LogP contribution in [0.2, 0.25) is 0 Å². The van der Waals surface area contributed by atoms with Gasteiger partial charge in [0.25, 0.3) is 0 Å². The van der Waals surface area contributed by atoms with Crippen molar-refractivity contribution in [3.63, 3.8) is 0 Å². The van der Waals surface area contributed by atoms with Crippen LogP contribution in [0.1, 0.15) is 5.56 Å². The zero-order chi connectivity index (χ0) is 9.10. The molecule has 0 amide bonds. The SMILES string of the molecule is NSC1CN(Cc2ccccc2)C1. The van der Waals surface area contributed by atoms with E-state index < -0.39 is 0 Å². The summed E-state index contributed by atoms with van der Waals surface area (Å²) in [4.78, 5) is 2.42. The molecule has 0 aromatic heterocycles. The molecule has 0 saturated carbocycles. The van der Waals surface area contributed by atoms with Crippen LogP contribution in [0.4, 0.5) is 0 Å². The topological polar surface area (TPSA) is 29.3 Å². The summed E-state index contributed by atoms with van der Waals surface area (Å²) in [5.74, 6) is 0. The average molecular weight is 194 g/mol. The molecule has 1 aromatic rings. The molecular weight excluding hydrogens is 180 g/mol. The predicted molar refractivity (Wildman–Crippen MR) is 57.3 cm³/mol. The first-order chi connectivity index (χ1) is 6.38. The highest BCUT2D eigenvalue weighted by Crippen LogP contribution is 2.19. The molecule has 1 heterocycles. The number of likely N-dealkylation sites (tertiary alicyclic amines) is 1. The molecule has 1 saturated heterocycles. The standard InChI is InChI=1S/C10H14N2S/c11-13-10-7-12(8-10)6-9-4-2-1-3-5-9/h1-5,10H,6-8,11H2. The molecule has 1 aliphatic heterocycles. The Hall–Kier alpha value is -0.510. The third-order valence-corrected chi connectivity index (χ3v) is 3.05. The second-order valence-electron chi connectivity index (χ2n) is 3.44. The Morgan fingerprint density at radius 3 is 2.62 bits per heavy atom. The lowest BCUT2D eigenvalue weighted by atomic mass is 10.1. The van der Waals surface area contributed by atoms with Crippen molar-refractivity contribution in [1.82, 2.24) is 4.90 Å². The largest absolute Gasteiger partial charge is 0.297 e. The summed E-state index contributed by atoms with van der Waals surface area (Å²) in [5.41, 5.74) is 1.39. The second kappa shape index (κ2) is 4.13. The lowest BCUT2D eigenvalue weighted by molar-refractivity contribution is 0.181.